The minimum atomic E-state index is -3.36. The lowest BCUT2D eigenvalue weighted by atomic mass is 10.1. The Morgan fingerprint density at radius 2 is 2.15 bits per heavy atom. The number of hydrogen-bond donors (Lipinski definition) is 1. The molecule has 0 amide bonds. The normalized spacial score (nSPS) is 15.0. The Morgan fingerprint density at radius 3 is 2.88 bits per heavy atom. The minimum absolute atomic E-state index is 0.0595. The molecule has 6 nitrogen and oxygen atoms in total. The molecule has 1 aromatic heterocycles. The number of unbranched alkanes of at least 4 members (excludes halogenated alkanes) is 1. The number of H-pyrrole nitrogens is 1. The van der Waals surface area contributed by atoms with Gasteiger partial charge in [0.05, 0.1) is 17.0 Å². The topological polar surface area (TPSA) is 83.1 Å². The summed E-state index contributed by atoms with van der Waals surface area (Å²) in [4.78, 5) is 19.6. The Morgan fingerprint density at radius 1 is 1.35 bits per heavy atom. The molecule has 2 heterocycles. The molecule has 140 valence electrons. The number of aromatic nitrogens is 2. The molecule has 0 bridgehead atoms. The van der Waals surface area contributed by atoms with Crippen LogP contribution < -0.4 is 5.56 Å². The molecule has 0 radical (unpaired) electrons. The van der Waals surface area contributed by atoms with Crippen LogP contribution in [0.4, 0.5) is 4.39 Å². The number of nitrogens with one attached hydrogen (secondary N) is 1. The standard InChI is InChI=1S/C18H22FN3O3S/c1-2-3-9-26(24,25)22-8-7-16-15(12-22)18(23)21-17(20-16)11-13-5-4-6-14(19)10-13/h4-6,10H,2-3,7-9,11-12H2,1H3,(H,20,21,23). The van der Waals surface area contributed by atoms with E-state index in [1.54, 1.807) is 12.1 Å². The van der Waals surface area contributed by atoms with E-state index < -0.39 is 10.0 Å². The van der Waals surface area contributed by atoms with E-state index in [2.05, 4.69) is 9.97 Å². The lowest BCUT2D eigenvalue weighted by molar-refractivity contribution is 0.383. The number of rotatable bonds is 6. The van der Waals surface area contributed by atoms with Crippen molar-refractivity contribution < 1.29 is 12.8 Å². The molecule has 1 aliphatic rings. The molecule has 3 rings (SSSR count). The zero-order valence-electron chi connectivity index (χ0n) is 14.7. The molecule has 0 aliphatic carbocycles. The zero-order valence-corrected chi connectivity index (χ0v) is 15.5. The summed E-state index contributed by atoms with van der Waals surface area (Å²) in [6.45, 7) is 2.33. The fraction of sp³-hybridized carbons (Fsp3) is 0.444. The highest BCUT2D eigenvalue weighted by Gasteiger charge is 2.28. The van der Waals surface area contributed by atoms with E-state index in [-0.39, 0.29) is 23.7 Å². The first-order valence-electron chi connectivity index (χ1n) is 8.72. The summed E-state index contributed by atoms with van der Waals surface area (Å²) in [6.07, 6.45) is 2.13. The first kappa shape index (κ1) is 18.7. The molecule has 0 unspecified atom stereocenters. The van der Waals surface area contributed by atoms with E-state index in [9.17, 15) is 17.6 Å². The second-order valence-electron chi connectivity index (χ2n) is 6.50. The number of nitrogens with zero attached hydrogens (tertiary/aromatic N) is 2. The summed E-state index contributed by atoms with van der Waals surface area (Å²) in [6, 6.07) is 6.15. The summed E-state index contributed by atoms with van der Waals surface area (Å²) in [5, 5.41) is 0. The van der Waals surface area contributed by atoms with Crippen LogP contribution in [0.15, 0.2) is 29.1 Å². The fourth-order valence-electron chi connectivity index (χ4n) is 3.07. The van der Waals surface area contributed by atoms with Crippen molar-refractivity contribution in [1.82, 2.24) is 14.3 Å². The quantitative estimate of drug-likeness (QED) is 0.832. The Balaban J connectivity index is 1.82. The molecule has 0 spiro atoms. The van der Waals surface area contributed by atoms with Gasteiger partial charge >= 0.3 is 0 Å². The third-order valence-corrected chi connectivity index (χ3v) is 6.40. The molecular formula is C18H22FN3O3S. The molecule has 0 fully saturated rings. The van der Waals surface area contributed by atoms with E-state index in [1.165, 1.54) is 16.4 Å². The highest BCUT2D eigenvalue weighted by Crippen LogP contribution is 2.18. The van der Waals surface area contributed by atoms with E-state index >= 15 is 0 Å². The average Bonchev–Trinajstić information content (AvgIpc) is 2.60. The first-order valence-corrected chi connectivity index (χ1v) is 10.3. The zero-order chi connectivity index (χ0) is 18.7. The number of halogens is 1. The second-order valence-corrected chi connectivity index (χ2v) is 8.59. The van der Waals surface area contributed by atoms with E-state index in [1.807, 2.05) is 6.92 Å². The summed E-state index contributed by atoms with van der Waals surface area (Å²) < 4.78 is 39.4. The fourth-order valence-corrected chi connectivity index (χ4v) is 4.68. The van der Waals surface area contributed by atoms with Gasteiger partial charge in [-0.1, -0.05) is 25.5 Å². The predicted molar refractivity (Wildman–Crippen MR) is 96.9 cm³/mol. The van der Waals surface area contributed by atoms with Crippen LogP contribution in [0.2, 0.25) is 0 Å². The van der Waals surface area contributed by atoms with Crippen LogP contribution >= 0.6 is 0 Å². The van der Waals surface area contributed by atoms with Gasteiger partial charge in [-0.2, -0.15) is 4.31 Å². The first-order chi connectivity index (χ1) is 12.4. The summed E-state index contributed by atoms with van der Waals surface area (Å²) >= 11 is 0. The van der Waals surface area contributed by atoms with Crippen molar-refractivity contribution in [3.05, 3.63) is 63.1 Å². The number of benzene rings is 1. The smallest absolute Gasteiger partial charge is 0.255 e. The van der Waals surface area contributed by atoms with E-state index in [4.69, 9.17) is 0 Å². The van der Waals surface area contributed by atoms with Gasteiger partial charge < -0.3 is 4.98 Å². The molecular weight excluding hydrogens is 357 g/mol. The molecule has 1 aromatic carbocycles. The van der Waals surface area contributed by atoms with Gasteiger partial charge in [-0.3, -0.25) is 4.79 Å². The van der Waals surface area contributed by atoms with Crippen LogP contribution in [-0.4, -0.2) is 35.0 Å². The van der Waals surface area contributed by atoms with Crippen molar-refractivity contribution in [3.8, 4) is 0 Å². The summed E-state index contributed by atoms with van der Waals surface area (Å²) in [5.41, 5.74) is 1.42. The lowest BCUT2D eigenvalue weighted by Gasteiger charge is -2.27. The second kappa shape index (κ2) is 7.67. The van der Waals surface area contributed by atoms with Crippen LogP contribution in [0.25, 0.3) is 0 Å². The van der Waals surface area contributed by atoms with Crippen LogP contribution in [0.5, 0.6) is 0 Å². The molecule has 0 saturated heterocycles. The molecule has 1 N–H and O–H groups in total. The highest BCUT2D eigenvalue weighted by atomic mass is 32.2. The maximum atomic E-state index is 13.3. The highest BCUT2D eigenvalue weighted by molar-refractivity contribution is 7.89. The maximum absolute atomic E-state index is 13.3. The van der Waals surface area contributed by atoms with Crippen molar-refractivity contribution in [2.75, 3.05) is 12.3 Å². The lowest BCUT2D eigenvalue weighted by Crippen LogP contribution is -2.40. The maximum Gasteiger partial charge on any atom is 0.255 e. The molecule has 1 aliphatic heterocycles. The van der Waals surface area contributed by atoms with Gasteiger partial charge in [-0.25, -0.2) is 17.8 Å². The number of fused-ring (bicyclic) bond motifs is 1. The largest absolute Gasteiger partial charge is 0.310 e. The van der Waals surface area contributed by atoms with Gasteiger partial charge in [0, 0.05) is 25.9 Å². The number of hydrogen-bond acceptors (Lipinski definition) is 4. The van der Waals surface area contributed by atoms with Gasteiger partial charge in [0.1, 0.15) is 11.6 Å². The third-order valence-electron chi connectivity index (χ3n) is 4.49. The van der Waals surface area contributed by atoms with Gasteiger partial charge in [0.2, 0.25) is 10.0 Å². The SMILES string of the molecule is CCCCS(=O)(=O)N1CCc2nc(Cc3cccc(F)c3)[nH]c(=O)c2C1. The van der Waals surface area contributed by atoms with Gasteiger partial charge in [0.15, 0.2) is 0 Å². The Hall–Kier alpha value is -2.06. The number of sulfonamides is 1. The van der Waals surface area contributed by atoms with Crippen LogP contribution in [0, 0.1) is 5.82 Å². The number of aromatic amines is 1. The Bertz CT molecular complexity index is 956. The van der Waals surface area contributed by atoms with Crippen molar-refractivity contribution in [3.63, 3.8) is 0 Å². The van der Waals surface area contributed by atoms with Crippen molar-refractivity contribution in [2.45, 2.75) is 39.2 Å². The van der Waals surface area contributed by atoms with Crippen LogP contribution in [-0.2, 0) is 29.4 Å². The molecule has 0 saturated carbocycles. The van der Waals surface area contributed by atoms with Crippen LogP contribution in [0.3, 0.4) is 0 Å². The van der Waals surface area contributed by atoms with E-state index in [0.717, 1.165) is 6.42 Å². The van der Waals surface area contributed by atoms with Crippen molar-refractivity contribution in [2.24, 2.45) is 0 Å². The van der Waals surface area contributed by atoms with Gasteiger partial charge in [-0.05, 0) is 24.1 Å². The van der Waals surface area contributed by atoms with E-state index in [0.29, 0.717) is 48.5 Å². The minimum Gasteiger partial charge on any atom is -0.310 e. The third kappa shape index (κ3) is 4.19. The van der Waals surface area contributed by atoms with Crippen molar-refractivity contribution >= 4 is 10.0 Å². The Labute approximate surface area is 152 Å². The molecule has 0 atom stereocenters. The van der Waals surface area contributed by atoms with Gasteiger partial charge in [-0.15, -0.1) is 0 Å². The van der Waals surface area contributed by atoms with Crippen molar-refractivity contribution in [1.29, 1.82) is 0 Å². The Kier molecular flexibility index (Phi) is 5.52. The molecule has 8 heteroatoms. The van der Waals surface area contributed by atoms with Crippen LogP contribution in [0.1, 0.15) is 42.4 Å². The van der Waals surface area contributed by atoms with Gasteiger partial charge in [0.25, 0.3) is 5.56 Å². The molecule has 2 aromatic rings. The molecule has 26 heavy (non-hydrogen) atoms. The summed E-state index contributed by atoms with van der Waals surface area (Å²) in [5.74, 6) is 0.222. The average molecular weight is 379 g/mol. The summed E-state index contributed by atoms with van der Waals surface area (Å²) in [7, 11) is -3.36. The monoisotopic (exact) mass is 379 g/mol. The predicted octanol–water partition coefficient (Wildman–Crippen LogP) is 1.99.